The quantitative estimate of drug-likeness (QED) is 0.622. The molecule has 11 heavy (non-hydrogen) atoms. The molecule has 0 spiro atoms. The summed E-state index contributed by atoms with van der Waals surface area (Å²) in [6.07, 6.45) is 0.897. The molecule has 1 rings (SSSR count). The Balaban J connectivity index is 3.41. The van der Waals surface area contributed by atoms with Crippen molar-refractivity contribution in [3.63, 3.8) is 0 Å². The zero-order chi connectivity index (χ0) is 8.43. The maximum Gasteiger partial charge on any atom is 0.349 e. The van der Waals surface area contributed by atoms with E-state index in [0.717, 1.165) is 10.8 Å². The van der Waals surface area contributed by atoms with Crippen molar-refractivity contribution >= 4 is 5.82 Å². The molecule has 60 valence electrons. The molecular weight excluding hydrogens is 149 g/mol. The van der Waals surface area contributed by atoms with Crippen LogP contribution in [-0.4, -0.2) is 16.6 Å². The zero-order valence-electron chi connectivity index (χ0n) is 6.26. The van der Waals surface area contributed by atoms with E-state index in [-0.39, 0.29) is 5.82 Å². The number of aromatic nitrogens is 2. The third-order valence-electron chi connectivity index (χ3n) is 1.37. The highest BCUT2D eigenvalue weighted by Gasteiger charge is 2.04. The van der Waals surface area contributed by atoms with Gasteiger partial charge in [-0.1, -0.05) is 0 Å². The van der Waals surface area contributed by atoms with Crippen LogP contribution < -0.4 is 11.0 Å². The van der Waals surface area contributed by atoms with Crippen molar-refractivity contribution in [2.75, 3.05) is 12.4 Å². The van der Waals surface area contributed by atoms with Crippen molar-refractivity contribution in [1.29, 1.82) is 0 Å². The average Bonchev–Trinajstić information content (AvgIpc) is 1.99. The lowest BCUT2D eigenvalue weighted by Crippen LogP contribution is -2.23. The van der Waals surface area contributed by atoms with Crippen molar-refractivity contribution in [3.05, 3.63) is 22.5 Å². The van der Waals surface area contributed by atoms with Gasteiger partial charge >= 0.3 is 5.69 Å². The van der Waals surface area contributed by atoms with Gasteiger partial charge in [-0.05, 0) is 0 Å². The first-order valence-electron chi connectivity index (χ1n) is 3.06. The van der Waals surface area contributed by atoms with E-state index < -0.39 is 11.5 Å². The van der Waals surface area contributed by atoms with Gasteiger partial charge in [0.1, 0.15) is 5.82 Å². The topological polar surface area (TPSA) is 46.9 Å². The monoisotopic (exact) mass is 157 g/mol. The largest absolute Gasteiger partial charge is 0.372 e. The Kier molecular flexibility index (Phi) is 1.89. The molecule has 0 aliphatic heterocycles. The molecular formula is C6H8FN3O. The minimum Gasteiger partial charge on any atom is -0.372 e. The molecule has 4 nitrogen and oxygen atoms in total. The summed E-state index contributed by atoms with van der Waals surface area (Å²) in [5.74, 6) is -0.389. The summed E-state index contributed by atoms with van der Waals surface area (Å²) in [5, 5.41) is 2.55. The van der Waals surface area contributed by atoms with Gasteiger partial charge in [0, 0.05) is 14.1 Å². The van der Waals surface area contributed by atoms with Gasteiger partial charge in [0.05, 0.1) is 6.20 Å². The predicted molar refractivity (Wildman–Crippen MR) is 39.0 cm³/mol. The van der Waals surface area contributed by atoms with Gasteiger partial charge in [-0.3, -0.25) is 4.57 Å². The number of halogens is 1. The van der Waals surface area contributed by atoms with E-state index in [2.05, 4.69) is 10.3 Å². The highest BCUT2D eigenvalue weighted by atomic mass is 19.1. The Labute approximate surface area is 62.7 Å². The summed E-state index contributed by atoms with van der Waals surface area (Å²) in [7, 11) is 2.99. The number of hydrogen-bond donors (Lipinski definition) is 1. The van der Waals surface area contributed by atoms with E-state index in [1.807, 2.05) is 0 Å². The fourth-order valence-corrected chi connectivity index (χ4v) is 0.803. The van der Waals surface area contributed by atoms with Crippen molar-refractivity contribution < 1.29 is 4.39 Å². The van der Waals surface area contributed by atoms with Gasteiger partial charge in [0.25, 0.3) is 0 Å². The van der Waals surface area contributed by atoms with Crippen LogP contribution in [0.4, 0.5) is 10.2 Å². The molecule has 1 heterocycles. The zero-order valence-corrected chi connectivity index (χ0v) is 6.26. The average molecular weight is 157 g/mol. The van der Waals surface area contributed by atoms with E-state index in [0.29, 0.717) is 0 Å². The van der Waals surface area contributed by atoms with E-state index in [4.69, 9.17) is 0 Å². The third-order valence-corrected chi connectivity index (χ3v) is 1.37. The Morgan fingerprint density at radius 1 is 1.73 bits per heavy atom. The highest BCUT2D eigenvalue weighted by molar-refractivity contribution is 5.34. The first-order valence-corrected chi connectivity index (χ1v) is 3.06. The lowest BCUT2D eigenvalue weighted by atomic mass is 10.5. The van der Waals surface area contributed by atoms with Crippen molar-refractivity contribution in [2.24, 2.45) is 7.05 Å². The number of nitrogens with one attached hydrogen (secondary N) is 1. The number of hydrogen-bond acceptors (Lipinski definition) is 3. The first-order chi connectivity index (χ1) is 5.16. The van der Waals surface area contributed by atoms with Crippen LogP contribution in [-0.2, 0) is 7.05 Å². The van der Waals surface area contributed by atoms with Gasteiger partial charge in [-0.15, -0.1) is 0 Å². The smallest absolute Gasteiger partial charge is 0.349 e. The molecule has 0 amide bonds. The predicted octanol–water partition coefficient (Wildman–Crippen LogP) is -0.0389. The van der Waals surface area contributed by atoms with Gasteiger partial charge in [-0.25, -0.2) is 9.18 Å². The first kappa shape index (κ1) is 7.71. The molecule has 0 bridgehead atoms. The molecule has 0 aliphatic rings. The molecule has 0 saturated heterocycles. The molecule has 1 N–H and O–H groups in total. The minimum absolute atomic E-state index is 0.144. The third kappa shape index (κ3) is 1.21. The van der Waals surface area contributed by atoms with Gasteiger partial charge < -0.3 is 5.32 Å². The van der Waals surface area contributed by atoms with Crippen LogP contribution in [0, 0.1) is 5.82 Å². The van der Waals surface area contributed by atoms with Gasteiger partial charge in [0.2, 0.25) is 0 Å². The van der Waals surface area contributed by atoms with Crippen LogP contribution in [0.1, 0.15) is 0 Å². The van der Waals surface area contributed by atoms with Crippen molar-refractivity contribution in [3.8, 4) is 0 Å². The summed E-state index contributed by atoms with van der Waals surface area (Å²) in [6, 6.07) is 0. The van der Waals surface area contributed by atoms with Crippen LogP contribution in [0.15, 0.2) is 11.0 Å². The summed E-state index contributed by atoms with van der Waals surface area (Å²) in [5.41, 5.74) is -0.476. The second kappa shape index (κ2) is 2.69. The van der Waals surface area contributed by atoms with Crippen molar-refractivity contribution in [2.45, 2.75) is 0 Å². The van der Waals surface area contributed by atoms with Crippen LogP contribution in [0.3, 0.4) is 0 Å². The van der Waals surface area contributed by atoms with E-state index in [9.17, 15) is 9.18 Å². The maximum atomic E-state index is 12.7. The Bertz CT molecular complexity index is 320. The molecule has 0 radical (unpaired) electrons. The summed E-state index contributed by atoms with van der Waals surface area (Å²) in [6.45, 7) is 0. The lowest BCUT2D eigenvalue weighted by Gasteiger charge is -2.05. The fraction of sp³-hybridized carbons (Fsp3) is 0.333. The molecule has 0 atom stereocenters. The lowest BCUT2D eigenvalue weighted by molar-refractivity contribution is 0.598. The van der Waals surface area contributed by atoms with E-state index in [1.165, 1.54) is 14.1 Å². The van der Waals surface area contributed by atoms with Crippen molar-refractivity contribution in [1.82, 2.24) is 9.55 Å². The summed E-state index contributed by atoms with van der Waals surface area (Å²) in [4.78, 5) is 14.1. The molecule has 0 saturated carbocycles. The minimum atomic E-state index is -0.533. The van der Waals surface area contributed by atoms with E-state index in [1.54, 1.807) is 0 Å². The number of rotatable bonds is 1. The van der Waals surface area contributed by atoms with Crippen LogP contribution in [0.25, 0.3) is 0 Å². The van der Waals surface area contributed by atoms with Crippen LogP contribution in [0.5, 0.6) is 0 Å². The number of anilines is 1. The van der Waals surface area contributed by atoms with Crippen LogP contribution in [0.2, 0.25) is 0 Å². The Hall–Kier alpha value is -1.39. The fourth-order valence-electron chi connectivity index (χ4n) is 0.803. The molecule has 0 aromatic carbocycles. The molecule has 1 aromatic heterocycles. The molecule has 5 heteroatoms. The standard InChI is InChI=1S/C6H8FN3O/c1-8-5-4(7)3-9-6(11)10(5)2/h3,8H,1-2H3. The summed E-state index contributed by atoms with van der Waals surface area (Å²) >= 11 is 0. The second-order valence-corrected chi connectivity index (χ2v) is 2.05. The highest BCUT2D eigenvalue weighted by Crippen LogP contribution is 2.05. The molecule has 0 aliphatic carbocycles. The molecule has 0 fully saturated rings. The second-order valence-electron chi connectivity index (χ2n) is 2.05. The summed E-state index contributed by atoms with van der Waals surface area (Å²) < 4.78 is 13.9. The van der Waals surface area contributed by atoms with Crippen LogP contribution >= 0.6 is 0 Å². The van der Waals surface area contributed by atoms with Gasteiger partial charge in [-0.2, -0.15) is 4.98 Å². The normalized spacial score (nSPS) is 9.73. The SMILES string of the molecule is CNc1c(F)cnc(=O)n1C. The molecule has 0 unspecified atom stereocenters. The van der Waals surface area contributed by atoms with Gasteiger partial charge in [0.15, 0.2) is 5.82 Å². The Morgan fingerprint density at radius 3 is 2.82 bits per heavy atom. The molecule has 1 aromatic rings. The maximum absolute atomic E-state index is 12.7. The Morgan fingerprint density at radius 2 is 2.36 bits per heavy atom. The van der Waals surface area contributed by atoms with E-state index >= 15 is 0 Å². The number of nitrogens with zero attached hydrogens (tertiary/aromatic N) is 2.